The number of hydrogen-bond donors (Lipinski definition) is 1. The van der Waals surface area contributed by atoms with Crippen molar-refractivity contribution in [2.24, 2.45) is 5.41 Å². The Morgan fingerprint density at radius 2 is 2.16 bits per heavy atom. The minimum absolute atomic E-state index is 0.192. The highest BCUT2D eigenvalue weighted by Gasteiger charge is 2.17. The molecule has 0 aliphatic carbocycles. The zero-order valence-corrected chi connectivity index (χ0v) is 11.8. The smallest absolute Gasteiger partial charge is 0.371 e. The lowest BCUT2D eigenvalue weighted by Crippen LogP contribution is -2.08. The fourth-order valence-electron chi connectivity index (χ4n) is 1.51. The van der Waals surface area contributed by atoms with Gasteiger partial charge in [0, 0.05) is 5.75 Å². The second kappa shape index (κ2) is 6.53. The average Bonchev–Trinajstić information content (AvgIpc) is 2.84. The van der Waals surface area contributed by atoms with Gasteiger partial charge in [0.1, 0.15) is 0 Å². The van der Waals surface area contributed by atoms with Crippen molar-refractivity contribution in [3.05, 3.63) is 17.9 Å². The summed E-state index contributed by atoms with van der Waals surface area (Å²) in [5.41, 5.74) is -0.358. The molecule has 19 heavy (non-hydrogen) atoms. The van der Waals surface area contributed by atoms with E-state index in [1.165, 1.54) is 12.1 Å². The van der Waals surface area contributed by atoms with E-state index in [0.717, 1.165) is 12.8 Å². The molecule has 0 spiro atoms. The molecule has 0 saturated carbocycles. The molecule has 0 saturated heterocycles. The fraction of sp³-hybridized carbons (Fsp3) is 0.538. The van der Waals surface area contributed by atoms with E-state index in [-0.39, 0.29) is 16.3 Å². The lowest BCUT2D eigenvalue weighted by atomic mass is 9.89. The van der Waals surface area contributed by atoms with Crippen LogP contribution in [0, 0.1) is 16.7 Å². The maximum absolute atomic E-state index is 11.8. The van der Waals surface area contributed by atoms with Crippen LogP contribution in [0.2, 0.25) is 0 Å². The first-order valence-corrected chi connectivity index (χ1v) is 7.30. The quantitative estimate of drug-likeness (QED) is 0.777. The standard InChI is InChI=1S/C13H17NO4S/c1-13(2,9-14)7-3-4-8-19(17)11-6-5-10(18-11)12(15)16/h5-6H,3-4,7-8H2,1-2H3,(H,15,16). The molecule has 0 fully saturated rings. The third kappa shape index (κ3) is 4.87. The van der Waals surface area contributed by atoms with Gasteiger partial charge in [-0.15, -0.1) is 0 Å². The highest BCUT2D eigenvalue weighted by molar-refractivity contribution is 7.84. The Hall–Kier alpha value is -1.61. The summed E-state index contributed by atoms with van der Waals surface area (Å²) in [6.45, 7) is 3.74. The highest BCUT2D eigenvalue weighted by atomic mass is 32.2. The number of nitrogens with zero attached hydrogens (tertiary/aromatic N) is 1. The van der Waals surface area contributed by atoms with Crippen LogP contribution in [0.5, 0.6) is 0 Å². The van der Waals surface area contributed by atoms with E-state index >= 15 is 0 Å². The first-order valence-electron chi connectivity index (χ1n) is 5.98. The molecule has 1 aromatic rings. The van der Waals surface area contributed by atoms with Crippen LogP contribution in [-0.4, -0.2) is 21.0 Å². The summed E-state index contributed by atoms with van der Waals surface area (Å²) in [6, 6.07) is 4.95. The molecule has 104 valence electrons. The third-order valence-corrected chi connectivity index (χ3v) is 4.03. The maximum Gasteiger partial charge on any atom is 0.371 e. The van der Waals surface area contributed by atoms with E-state index in [2.05, 4.69) is 6.07 Å². The van der Waals surface area contributed by atoms with Crippen molar-refractivity contribution in [3.8, 4) is 6.07 Å². The van der Waals surface area contributed by atoms with Crippen molar-refractivity contribution in [1.29, 1.82) is 5.26 Å². The largest absolute Gasteiger partial charge is 0.475 e. The van der Waals surface area contributed by atoms with Crippen LogP contribution in [0.1, 0.15) is 43.7 Å². The van der Waals surface area contributed by atoms with Gasteiger partial charge in [0.2, 0.25) is 5.76 Å². The lowest BCUT2D eigenvalue weighted by Gasteiger charge is -2.13. The van der Waals surface area contributed by atoms with Gasteiger partial charge in [-0.1, -0.05) is 6.42 Å². The van der Waals surface area contributed by atoms with Crippen LogP contribution < -0.4 is 0 Å². The Morgan fingerprint density at radius 3 is 2.68 bits per heavy atom. The Morgan fingerprint density at radius 1 is 1.47 bits per heavy atom. The Kier molecular flexibility index (Phi) is 5.31. The third-order valence-electron chi connectivity index (χ3n) is 2.70. The van der Waals surface area contributed by atoms with Gasteiger partial charge in [0.05, 0.1) is 22.3 Å². The number of nitriles is 1. The summed E-state index contributed by atoms with van der Waals surface area (Å²) in [4.78, 5) is 10.6. The SMILES string of the molecule is CC(C)(C#N)CCCCS(=O)c1ccc(C(=O)O)o1. The number of carboxylic acid groups (broad SMARTS) is 1. The first kappa shape index (κ1) is 15.4. The van der Waals surface area contributed by atoms with Crippen molar-refractivity contribution in [2.75, 3.05) is 5.75 Å². The van der Waals surface area contributed by atoms with Crippen LogP contribution >= 0.6 is 0 Å². The molecule has 1 unspecified atom stereocenters. The van der Waals surface area contributed by atoms with Crippen LogP contribution in [0.3, 0.4) is 0 Å². The molecule has 0 aromatic carbocycles. The summed E-state index contributed by atoms with van der Waals surface area (Å²) in [7, 11) is -1.32. The molecule has 1 rings (SSSR count). The summed E-state index contributed by atoms with van der Waals surface area (Å²) in [6.07, 6.45) is 2.26. The Labute approximate surface area is 114 Å². The van der Waals surface area contributed by atoms with E-state index < -0.39 is 16.8 Å². The van der Waals surface area contributed by atoms with Crippen LogP contribution in [0.4, 0.5) is 0 Å². The van der Waals surface area contributed by atoms with Gasteiger partial charge in [0.15, 0.2) is 5.09 Å². The zero-order chi connectivity index (χ0) is 14.5. The van der Waals surface area contributed by atoms with E-state index in [1.54, 1.807) is 0 Å². The Balaban J connectivity index is 2.40. The van der Waals surface area contributed by atoms with Gasteiger partial charge in [-0.25, -0.2) is 4.79 Å². The Bertz CT molecular complexity index is 513. The predicted octanol–water partition coefficient (Wildman–Crippen LogP) is 2.81. The van der Waals surface area contributed by atoms with Gasteiger partial charge in [0.25, 0.3) is 0 Å². The monoisotopic (exact) mass is 283 g/mol. The van der Waals surface area contributed by atoms with Gasteiger partial charge in [-0.05, 0) is 38.8 Å². The summed E-state index contributed by atoms with van der Waals surface area (Å²) in [5.74, 6) is -0.957. The number of carboxylic acids is 1. The zero-order valence-electron chi connectivity index (χ0n) is 11.0. The molecular weight excluding hydrogens is 266 g/mol. The molecule has 0 aliphatic heterocycles. The molecule has 5 nitrogen and oxygen atoms in total. The fourth-order valence-corrected chi connectivity index (χ4v) is 2.58. The van der Waals surface area contributed by atoms with Crippen LogP contribution in [0.15, 0.2) is 21.6 Å². The topological polar surface area (TPSA) is 91.3 Å². The van der Waals surface area contributed by atoms with Crippen LogP contribution in [-0.2, 0) is 10.8 Å². The van der Waals surface area contributed by atoms with E-state index in [9.17, 15) is 9.00 Å². The van der Waals surface area contributed by atoms with Crippen LogP contribution in [0.25, 0.3) is 0 Å². The number of carbonyl (C=O) groups is 1. The molecule has 0 radical (unpaired) electrons. The van der Waals surface area contributed by atoms with E-state index in [1.807, 2.05) is 13.8 Å². The molecule has 0 bridgehead atoms. The van der Waals surface area contributed by atoms with Gasteiger partial charge >= 0.3 is 5.97 Å². The van der Waals surface area contributed by atoms with Gasteiger partial charge < -0.3 is 9.52 Å². The number of hydrogen-bond acceptors (Lipinski definition) is 4. The molecule has 1 heterocycles. The van der Waals surface area contributed by atoms with Crippen molar-refractivity contribution in [3.63, 3.8) is 0 Å². The molecule has 0 amide bonds. The second-order valence-electron chi connectivity index (χ2n) is 4.93. The summed E-state index contributed by atoms with van der Waals surface area (Å²) in [5, 5.41) is 17.7. The molecule has 0 aliphatic rings. The number of unbranched alkanes of at least 4 members (excludes halogenated alkanes) is 1. The number of aromatic carboxylic acids is 1. The van der Waals surface area contributed by atoms with Crippen molar-refractivity contribution >= 4 is 16.8 Å². The number of furan rings is 1. The predicted molar refractivity (Wildman–Crippen MR) is 70.2 cm³/mol. The van der Waals surface area contributed by atoms with Crippen molar-refractivity contribution in [2.45, 2.75) is 38.2 Å². The lowest BCUT2D eigenvalue weighted by molar-refractivity contribution is 0.0656. The average molecular weight is 283 g/mol. The molecule has 1 N–H and O–H groups in total. The molecule has 6 heteroatoms. The van der Waals surface area contributed by atoms with Gasteiger partial charge in [-0.2, -0.15) is 5.26 Å². The maximum atomic E-state index is 11.8. The highest BCUT2D eigenvalue weighted by Crippen LogP contribution is 2.22. The summed E-state index contributed by atoms with van der Waals surface area (Å²) < 4.78 is 16.8. The molecule has 1 aromatic heterocycles. The summed E-state index contributed by atoms with van der Waals surface area (Å²) >= 11 is 0. The number of rotatable bonds is 7. The minimum atomic E-state index is -1.32. The first-order chi connectivity index (χ1) is 8.85. The minimum Gasteiger partial charge on any atom is -0.475 e. The molecule has 1 atom stereocenters. The molecular formula is C13H17NO4S. The van der Waals surface area contributed by atoms with E-state index in [0.29, 0.717) is 12.2 Å². The van der Waals surface area contributed by atoms with Crippen molar-refractivity contribution < 1.29 is 18.5 Å². The van der Waals surface area contributed by atoms with Gasteiger partial charge in [-0.3, -0.25) is 4.21 Å². The van der Waals surface area contributed by atoms with Crippen molar-refractivity contribution in [1.82, 2.24) is 0 Å². The normalized spacial score (nSPS) is 12.9. The van der Waals surface area contributed by atoms with E-state index in [4.69, 9.17) is 14.8 Å². The second-order valence-corrected chi connectivity index (χ2v) is 6.43.